The van der Waals surface area contributed by atoms with Gasteiger partial charge in [-0.2, -0.15) is 0 Å². The maximum Gasteiger partial charge on any atom is 0.414 e. The second kappa shape index (κ2) is 9.90. The van der Waals surface area contributed by atoms with Gasteiger partial charge in [0.05, 0.1) is 33.5 Å². The third-order valence-electron chi connectivity index (χ3n) is 5.49. The summed E-state index contributed by atoms with van der Waals surface area (Å²) in [5, 5.41) is 5.40. The van der Waals surface area contributed by atoms with E-state index >= 15 is 0 Å². The smallest absolute Gasteiger partial charge is 0.414 e. The Morgan fingerprint density at radius 1 is 1.39 bits per heavy atom. The Kier molecular flexibility index (Phi) is 7.47. The lowest BCUT2D eigenvalue weighted by Gasteiger charge is -2.25. The number of carbonyl (C=O) groups excluding carboxylic acids is 2. The van der Waals surface area contributed by atoms with Gasteiger partial charge in [-0.05, 0) is 42.9 Å². The predicted octanol–water partition coefficient (Wildman–Crippen LogP) is 3.16. The second-order valence-electron chi connectivity index (χ2n) is 7.58. The minimum Gasteiger partial charge on any atom is -0.442 e. The normalized spacial score (nSPS) is 25.6. The number of carbonyl (C=O) groups is 2. The van der Waals surface area contributed by atoms with E-state index in [4.69, 9.17) is 17.0 Å². The van der Waals surface area contributed by atoms with E-state index in [9.17, 15) is 18.2 Å². The van der Waals surface area contributed by atoms with Gasteiger partial charge in [-0.15, -0.1) is 4.36 Å². The minimum atomic E-state index is -2.60. The molecule has 8 nitrogen and oxygen atoms in total. The highest BCUT2D eigenvalue weighted by atomic mass is 32.2. The van der Waals surface area contributed by atoms with Crippen LogP contribution in [-0.2, 0) is 14.5 Å². The summed E-state index contributed by atoms with van der Waals surface area (Å²) in [7, 11) is -1.16. The molecule has 2 aliphatic rings. The molecule has 0 spiro atoms. The van der Waals surface area contributed by atoms with Crippen LogP contribution in [-0.4, -0.2) is 59.1 Å². The average Bonchev–Trinajstić information content (AvgIpc) is 3.13. The fourth-order valence-corrected chi connectivity index (χ4v) is 5.87. The second-order valence-corrected chi connectivity index (χ2v) is 10.6. The highest BCUT2D eigenvalue weighted by Crippen LogP contribution is 2.34. The van der Waals surface area contributed by atoms with E-state index in [1.807, 2.05) is 6.92 Å². The molecule has 2 saturated heterocycles. The summed E-state index contributed by atoms with van der Waals surface area (Å²) in [6.07, 6.45) is 0.784. The van der Waals surface area contributed by atoms with Crippen LogP contribution in [0.2, 0.25) is 0 Å². The molecule has 0 bridgehead atoms. The Hall–Kier alpha value is -2.27. The van der Waals surface area contributed by atoms with Crippen LogP contribution in [0.3, 0.4) is 0 Å². The van der Waals surface area contributed by atoms with E-state index < -0.39 is 27.7 Å². The molecule has 170 valence electrons. The van der Waals surface area contributed by atoms with E-state index in [0.717, 1.165) is 0 Å². The van der Waals surface area contributed by atoms with Crippen molar-refractivity contribution < 1.29 is 22.9 Å². The molecule has 0 saturated carbocycles. The van der Waals surface area contributed by atoms with Crippen LogP contribution in [0.4, 0.5) is 19.7 Å². The van der Waals surface area contributed by atoms with Crippen LogP contribution < -0.4 is 15.5 Å². The van der Waals surface area contributed by atoms with Crippen molar-refractivity contribution >= 4 is 44.7 Å². The summed E-state index contributed by atoms with van der Waals surface area (Å²) in [5.41, 5.74) is 0.949. The maximum atomic E-state index is 14.9. The quantitative estimate of drug-likeness (QED) is 0.642. The van der Waals surface area contributed by atoms with Crippen molar-refractivity contribution in [1.29, 1.82) is 0 Å². The molecule has 2 fully saturated rings. The van der Waals surface area contributed by atoms with Gasteiger partial charge in [0.2, 0.25) is 0 Å². The monoisotopic (exact) mass is 470 g/mol. The first-order chi connectivity index (χ1) is 14.7. The first-order valence-corrected chi connectivity index (χ1v) is 12.5. The summed E-state index contributed by atoms with van der Waals surface area (Å²) >= 11 is 5.12. The van der Waals surface area contributed by atoms with Crippen LogP contribution in [0.15, 0.2) is 22.6 Å². The largest absolute Gasteiger partial charge is 0.442 e. The third kappa shape index (κ3) is 5.70. The van der Waals surface area contributed by atoms with Crippen molar-refractivity contribution in [2.45, 2.75) is 38.2 Å². The fraction of sp³-hybridized carbons (Fsp3) is 0.550. The Morgan fingerprint density at radius 2 is 2.10 bits per heavy atom. The average molecular weight is 471 g/mol. The number of cyclic esters (lactones) is 1. The van der Waals surface area contributed by atoms with Gasteiger partial charge in [-0.25, -0.2) is 18.2 Å². The Labute approximate surface area is 187 Å². The lowest BCUT2D eigenvalue weighted by atomic mass is 9.93. The molecule has 0 radical (unpaired) electrons. The minimum absolute atomic E-state index is 0.110. The van der Waals surface area contributed by atoms with Crippen molar-refractivity contribution in [1.82, 2.24) is 10.6 Å². The zero-order chi connectivity index (χ0) is 22.6. The van der Waals surface area contributed by atoms with Gasteiger partial charge in [0.1, 0.15) is 11.9 Å². The Bertz CT molecular complexity index is 979. The Balaban J connectivity index is 1.65. The molecule has 2 heterocycles. The van der Waals surface area contributed by atoms with Gasteiger partial charge in [-0.1, -0.05) is 25.2 Å². The standard InChI is InChI=1S/C20H27FN4O4S2/c1-3-18(30)23-11-15-12-25(20(27)29-15)14-4-5-16(17(21)10-14)13-6-8-31(28,9-7-13)24-19(26)22-2/h4-5,10,13,15H,3,6-9,11-12H2,1-2H3,(H,22,26)(H,23,30)/t13?,15-,31?/m0/s1. The topological polar surface area (TPSA) is 100 Å². The molecule has 31 heavy (non-hydrogen) atoms. The number of nitrogens with zero attached hydrogens (tertiary/aromatic N) is 2. The summed E-state index contributed by atoms with van der Waals surface area (Å²) in [4.78, 5) is 25.8. The summed E-state index contributed by atoms with van der Waals surface area (Å²) in [6.45, 7) is 2.66. The van der Waals surface area contributed by atoms with E-state index in [0.29, 0.717) is 48.6 Å². The highest BCUT2D eigenvalue weighted by molar-refractivity contribution is 7.93. The van der Waals surface area contributed by atoms with E-state index in [2.05, 4.69) is 15.0 Å². The summed E-state index contributed by atoms with van der Waals surface area (Å²) < 4.78 is 36.7. The molecule has 2 N–H and O–H groups in total. The molecular weight excluding hydrogens is 443 g/mol. The van der Waals surface area contributed by atoms with Gasteiger partial charge in [0, 0.05) is 18.6 Å². The molecule has 0 unspecified atom stereocenters. The summed E-state index contributed by atoms with van der Waals surface area (Å²) in [6, 6.07) is 4.11. The zero-order valence-electron chi connectivity index (χ0n) is 17.6. The molecule has 3 amide bonds. The number of halogens is 1. The van der Waals surface area contributed by atoms with Crippen molar-refractivity contribution in [2.75, 3.05) is 36.5 Å². The molecule has 11 heteroatoms. The van der Waals surface area contributed by atoms with Gasteiger partial charge in [0.25, 0.3) is 0 Å². The summed E-state index contributed by atoms with van der Waals surface area (Å²) in [5.74, 6) is -0.0281. The van der Waals surface area contributed by atoms with Crippen LogP contribution in [0.25, 0.3) is 0 Å². The molecule has 3 rings (SSSR count). The number of thiocarbonyl (C=S) groups is 1. The highest BCUT2D eigenvalue weighted by Gasteiger charge is 2.33. The van der Waals surface area contributed by atoms with Crippen molar-refractivity contribution in [3.8, 4) is 0 Å². The van der Waals surface area contributed by atoms with E-state index in [-0.39, 0.29) is 23.5 Å². The molecular formula is C20H27FN4O4S2. The SMILES string of the molecule is CCC(=S)NC[C@H]1CN(c2ccc(C3CCS(=O)(=NC(=O)NC)CC3)c(F)c2)C(=O)O1. The van der Waals surface area contributed by atoms with Crippen molar-refractivity contribution in [3.63, 3.8) is 0 Å². The number of urea groups is 1. The number of amides is 3. The van der Waals surface area contributed by atoms with Crippen molar-refractivity contribution in [2.24, 2.45) is 4.36 Å². The van der Waals surface area contributed by atoms with Crippen LogP contribution in [0.5, 0.6) is 0 Å². The van der Waals surface area contributed by atoms with Crippen LogP contribution >= 0.6 is 12.2 Å². The van der Waals surface area contributed by atoms with E-state index in [1.54, 1.807) is 12.1 Å². The van der Waals surface area contributed by atoms with Crippen LogP contribution in [0, 0.1) is 5.82 Å². The molecule has 0 aliphatic carbocycles. The molecule has 1 atom stereocenters. The number of hydrogen-bond acceptors (Lipinski definition) is 5. The van der Waals surface area contributed by atoms with Gasteiger partial charge in [0.15, 0.2) is 0 Å². The van der Waals surface area contributed by atoms with Gasteiger partial charge >= 0.3 is 12.1 Å². The lowest BCUT2D eigenvalue weighted by Crippen LogP contribution is -2.33. The molecule has 1 aromatic carbocycles. The first-order valence-electron chi connectivity index (χ1n) is 10.2. The Morgan fingerprint density at radius 3 is 2.71 bits per heavy atom. The maximum absolute atomic E-state index is 14.9. The molecule has 1 aromatic rings. The number of anilines is 1. The molecule has 2 aliphatic heterocycles. The van der Waals surface area contributed by atoms with Gasteiger partial charge in [-0.3, -0.25) is 4.90 Å². The number of ether oxygens (including phenoxy) is 1. The van der Waals surface area contributed by atoms with Crippen molar-refractivity contribution in [3.05, 3.63) is 29.6 Å². The number of hydrogen-bond donors (Lipinski definition) is 2. The fourth-order valence-electron chi connectivity index (χ4n) is 3.70. The van der Waals surface area contributed by atoms with Crippen LogP contribution in [0.1, 0.15) is 37.7 Å². The van der Waals surface area contributed by atoms with Gasteiger partial charge < -0.3 is 15.4 Å². The third-order valence-corrected chi connectivity index (χ3v) is 8.17. The first kappa shape index (κ1) is 23.4. The van der Waals surface area contributed by atoms with E-state index in [1.165, 1.54) is 18.0 Å². The number of nitrogens with one attached hydrogen (secondary N) is 2. The zero-order valence-corrected chi connectivity index (χ0v) is 19.2. The molecule has 0 aromatic heterocycles. The number of benzene rings is 1. The predicted molar refractivity (Wildman–Crippen MR) is 122 cm³/mol. The number of rotatable bonds is 5. The lowest BCUT2D eigenvalue weighted by molar-refractivity contribution is 0.143.